The van der Waals surface area contributed by atoms with Crippen molar-refractivity contribution in [3.05, 3.63) is 42.4 Å². The van der Waals surface area contributed by atoms with Crippen molar-refractivity contribution < 1.29 is 9.21 Å². The smallest absolute Gasteiger partial charge is 0.247 e. The van der Waals surface area contributed by atoms with Crippen LogP contribution in [0.3, 0.4) is 0 Å². The number of aromatic nitrogens is 3. The van der Waals surface area contributed by atoms with Crippen LogP contribution in [0, 0.1) is 0 Å². The molecule has 1 fully saturated rings. The molecule has 0 aliphatic heterocycles. The van der Waals surface area contributed by atoms with E-state index in [1.165, 1.54) is 25.7 Å². The van der Waals surface area contributed by atoms with Crippen LogP contribution in [-0.4, -0.2) is 27.1 Å². The van der Waals surface area contributed by atoms with Gasteiger partial charge in [-0.05, 0) is 37.1 Å². The van der Waals surface area contributed by atoms with Gasteiger partial charge in [0.15, 0.2) is 0 Å². The van der Waals surface area contributed by atoms with Crippen molar-refractivity contribution in [1.82, 2.24) is 20.5 Å². The fraction of sp³-hybridized carbons (Fsp3) is 0.400. The summed E-state index contributed by atoms with van der Waals surface area (Å²) in [6.07, 6.45) is 8.91. The monoisotopic (exact) mass is 350 g/mol. The average Bonchev–Trinajstić information content (AvgIpc) is 2.97. The second-order valence-corrected chi connectivity index (χ2v) is 6.84. The normalized spacial score (nSPS) is 15.7. The topological polar surface area (TPSA) is 80.9 Å². The van der Waals surface area contributed by atoms with E-state index < -0.39 is 0 Å². The van der Waals surface area contributed by atoms with Crippen LogP contribution >= 0.6 is 0 Å². The number of hydrogen-bond donors (Lipinski definition) is 1. The van der Waals surface area contributed by atoms with Crippen molar-refractivity contribution in [1.29, 1.82) is 0 Å². The molecule has 2 aromatic heterocycles. The van der Waals surface area contributed by atoms with Crippen molar-refractivity contribution in [3.8, 4) is 11.5 Å². The van der Waals surface area contributed by atoms with E-state index in [9.17, 15) is 4.79 Å². The predicted octanol–water partition coefficient (Wildman–Crippen LogP) is 3.67. The van der Waals surface area contributed by atoms with E-state index in [-0.39, 0.29) is 18.4 Å². The van der Waals surface area contributed by atoms with Crippen LogP contribution in [-0.2, 0) is 11.2 Å². The van der Waals surface area contributed by atoms with Crippen molar-refractivity contribution in [2.24, 2.45) is 0 Å². The van der Waals surface area contributed by atoms with E-state index in [2.05, 4.69) is 20.5 Å². The molecule has 6 heteroatoms. The molecule has 0 radical (unpaired) electrons. The maximum Gasteiger partial charge on any atom is 0.247 e. The molecule has 6 nitrogen and oxygen atoms in total. The van der Waals surface area contributed by atoms with Crippen LogP contribution in [0.5, 0.6) is 0 Å². The van der Waals surface area contributed by atoms with Gasteiger partial charge >= 0.3 is 0 Å². The highest BCUT2D eigenvalue weighted by Crippen LogP contribution is 2.22. The summed E-state index contributed by atoms with van der Waals surface area (Å²) in [6.45, 7) is 0. The molecule has 0 atom stereocenters. The third-order valence-corrected chi connectivity index (χ3v) is 4.85. The van der Waals surface area contributed by atoms with Crippen LogP contribution in [0.2, 0.25) is 0 Å². The molecule has 1 N–H and O–H groups in total. The van der Waals surface area contributed by atoms with Crippen LogP contribution in [0.15, 0.2) is 40.9 Å². The SMILES string of the molecule is O=C(Cc1nnc(-c2ccc3ncccc3c2)o1)NC1CCCCCC1. The fourth-order valence-corrected chi connectivity index (χ4v) is 3.49. The number of carbonyl (C=O) groups is 1. The summed E-state index contributed by atoms with van der Waals surface area (Å²) in [5.41, 5.74) is 1.74. The van der Waals surface area contributed by atoms with E-state index in [4.69, 9.17) is 4.42 Å². The number of fused-ring (bicyclic) bond motifs is 1. The Bertz CT molecular complexity index is 897. The summed E-state index contributed by atoms with van der Waals surface area (Å²) in [5.74, 6) is 0.722. The van der Waals surface area contributed by atoms with Gasteiger partial charge in [-0.15, -0.1) is 10.2 Å². The number of hydrogen-bond acceptors (Lipinski definition) is 5. The number of rotatable bonds is 4. The first-order valence-electron chi connectivity index (χ1n) is 9.25. The van der Waals surface area contributed by atoms with Gasteiger partial charge in [0.05, 0.1) is 5.52 Å². The largest absolute Gasteiger partial charge is 0.420 e. The molecule has 1 amide bonds. The second kappa shape index (κ2) is 7.64. The van der Waals surface area contributed by atoms with E-state index in [1.807, 2.05) is 30.3 Å². The summed E-state index contributed by atoms with van der Waals surface area (Å²) in [4.78, 5) is 16.6. The molecule has 3 aromatic rings. The third kappa shape index (κ3) is 3.90. The van der Waals surface area contributed by atoms with Gasteiger partial charge in [-0.1, -0.05) is 31.7 Å². The Morgan fingerprint density at radius 2 is 1.96 bits per heavy atom. The van der Waals surface area contributed by atoms with Gasteiger partial charge in [-0.2, -0.15) is 0 Å². The lowest BCUT2D eigenvalue weighted by Gasteiger charge is -2.15. The average molecular weight is 350 g/mol. The van der Waals surface area contributed by atoms with Gasteiger partial charge in [-0.25, -0.2) is 0 Å². The first-order valence-corrected chi connectivity index (χ1v) is 9.25. The second-order valence-electron chi connectivity index (χ2n) is 6.84. The Hall–Kier alpha value is -2.76. The highest BCUT2D eigenvalue weighted by atomic mass is 16.4. The molecule has 4 rings (SSSR count). The van der Waals surface area contributed by atoms with E-state index in [0.717, 1.165) is 29.3 Å². The van der Waals surface area contributed by atoms with E-state index in [1.54, 1.807) is 6.20 Å². The number of pyridine rings is 1. The van der Waals surface area contributed by atoms with Crippen molar-refractivity contribution >= 4 is 16.8 Å². The minimum atomic E-state index is -0.0465. The minimum absolute atomic E-state index is 0.0465. The quantitative estimate of drug-likeness (QED) is 0.726. The Labute approximate surface area is 152 Å². The highest BCUT2D eigenvalue weighted by Gasteiger charge is 2.17. The molecular formula is C20H22N4O2. The maximum atomic E-state index is 12.3. The van der Waals surface area contributed by atoms with Gasteiger partial charge in [0, 0.05) is 23.2 Å². The third-order valence-electron chi connectivity index (χ3n) is 4.85. The molecule has 134 valence electrons. The zero-order valence-corrected chi connectivity index (χ0v) is 14.6. The summed E-state index contributed by atoms with van der Waals surface area (Å²) < 4.78 is 5.70. The number of nitrogens with one attached hydrogen (secondary N) is 1. The Kier molecular flexibility index (Phi) is 4.91. The summed E-state index contributed by atoms with van der Waals surface area (Å²) in [6, 6.07) is 9.95. The predicted molar refractivity (Wildman–Crippen MR) is 98.4 cm³/mol. The van der Waals surface area contributed by atoms with Crippen LogP contribution in [0.25, 0.3) is 22.4 Å². The molecule has 1 aliphatic rings. The molecule has 26 heavy (non-hydrogen) atoms. The van der Waals surface area contributed by atoms with Crippen LogP contribution < -0.4 is 5.32 Å². The Morgan fingerprint density at radius 3 is 2.81 bits per heavy atom. The molecule has 0 saturated heterocycles. The molecule has 1 saturated carbocycles. The van der Waals surface area contributed by atoms with Gasteiger partial charge < -0.3 is 9.73 Å². The van der Waals surface area contributed by atoms with Gasteiger partial charge in [-0.3, -0.25) is 9.78 Å². The lowest BCUT2D eigenvalue weighted by Crippen LogP contribution is -2.35. The van der Waals surface area contributed by atoms with E-state index >= 15 is 0 Å². The van der Waals surface area contributed by atoms with E-state index in [0.29, 0.717) is 11.8 Å². The molecule has 2 heterocycles. The number of benzene rings is 1. The van der Waals surface area contributed by atoms with Crippen LogP contribution in [0.4, 0.5) is 0 Å². The molecule has 0 spiro atoms. The zero-order chi connectivity index (χ0) is 17.8. The van der Waals surface area contributed by atoms with Crippen LogP contribution in [0.1, 0.15) is 44.4 Å². The van der Waals surface area contributed by atoms with Gasteiger partial charge in [0.25, 0.3) is 0 Å². The standard InChI is InChI=1S/C20H22N4O2/c25-18(22-16-7-3-1-2-4-8-16)13-19-23-24-20(26-19)15-9-10-17-14(12-15)6-5-11-21-17/h5-6,9-12,16H,1-4,7-8,13H2,(H,22,25). The first kappa shape index (κ1) is 16.7. The van der Waals surface area contributed by atoms with Crippen molar-refractivity contribution in [2.75, 3.05) is 0 Å². The summed E-state index contributed by atoms with van der Waals surface area (Å²) in [7, 11) is 0. The molecule has 0 bridgehead atoms. The molecular weight excluding hydrogens is 328 g/mol. The van der Waals surface area contributed by atoms with Crippen molar-refractivity contribution in [3.63, 3.8) is 0 Å². The van der Waals surface area contributed by atoms with Crippen molar-refractivity contribution in [2.45, 2.75) is 51.0 Å². The van der Waals surface area contributed by atoms with Gasteiger partial charge in [0.2, 0.25) is 17.7 Å². The van der Waals surface area contributed by atoms with Gasteiger partial charge in [0.1, 0.15) is 6.42 Å². The fourth-order valence-electron chi connectivity index (χ4n) is 3.49. The summed E-state index contributed by atoms with van der Waals surface area (Å²) in [5, 5.41) is 12.2. The molecule has 1 aromatic carbocycles. The first-order chi connectivity index (χ1) is 12.8. The molecule has 0 unspecified atom stereocenters. The zero-order valence-electron chi connectivity index (χ0n) is 14.6. The molecule has 1 aliphatic carbocycles. The number of carbonyl (C=O) groups excluding carboxylic acids is 1. The summed E-state index contributed by atoms with van der Waals surface area (Å²) >= 11 is 0. The number of nitrogens with zero attached hydrogens (tertiary/aromatic N) is 3. The number of amides is 1. The lowest BCUT2D eigenvalue weighted by molar-refractivity contribution is -0.121. The Balaban J connectivity index is 1.42. The Morgan fingerprint density at radius 1 is 1.12 bits per heavy atom. The lowest BCUT2D eigenvalue weighted by atomic mass is 10.1. The maximum absolute atomic E-state index is 12.3. The highest BCUT2D eigenvalue weighted by molar-refractivity contribution is 5.82. The minimum Gasteiger partial charge on any atom is -0.420 e.